The van der Waals surface area contributed by atoms with Gasteiger partial charge in [0.25, 0.3) is 0 Å². The molecule has 118 valence electrons. The number of rotatable bonds is 4. The van der Waals surface area contributed by atoms with Crippen molar-refractivity contribution in [2.45, 2.75) is 29.9 Å². The molecule has 1 aromatic rings. The van der Waals surface area contributed by atoms with Gasteiger partial charge in [0.15, 0.2) is 0 Å². The van der Waals surface area contributed by atoms with Crippen molar-refractivity contribution < 1.29 is 13.2 Å². The predicted octanol–water partition coefficient (Wildman–Crippen LogP) is 2.23. The highest BCUT2D eigenvalue weighted by atomic mass is 79.9. The monoisotopic (exact) mass is 396 g/mol. The Morgan fingerprint density at radius 3 is 2.86 bits per heavy atom. The van der Waals surface area contributed by atoms with Crippen LogP contribution < -0.4 is 5.73 Å². The number of benzene rings is 1. The van der Waals surface area contributed by atoms with E-state index in [1.807, 2.05) is 0 Å². The lowest BCUT2D eigenvalue weighted by molar-refractivity contribution is 0.0401. The molecule has 1 saturated heterocycles. The molecule has 1 heterocycles. The first-order valence-corrected chi connectivity index (χ1v) is 9.21. The molecule has 0 radical (unpaired) electrons. The first-order chi connectivity index (χ1) is 9.91. The number of methoxy groups -OCH3 is 1. The van der Waals surface area contributed by atoms with Crippen molar-refractivity contribution in [1.82, 2.24) is 4.31 Å². The number of nitrogens with two attached hydrogens (primary N) is 1. The van der Waals surface area contributed by atoms with Gasteiger partial charge in [-0.1, -0.05) is 17.7 Å². The average Bonchev–Trinajstić information content (AvgIpc) is 2.49. The summed E-state index contributed by atoms with van der Waals surface area (Å²) in [6.45, 7) is 0.635. The number of nitrogens with zero attached hydrogens (tertiary/aromatic N) is 1. The van der Waals surface area contributed by atoms with Crippen LogP contribution in [0.3, 0.4) is 0 Å². The van der Waals surface area contributed by atoms with Crippen LogP contribution in [0.25, 0.3) is 0 Å². The highest BCUT2D eigenvalue weighted by Gasteiger charge is 2.37. The third-order valence-corrected chi connectivity index (χ3v) is 7.12. The molecule has 0 spiro atoms. The van der Waals surface area contributed by atoms with Crippen LogP contribution in [0.5, 0.6) is 0 Å². The molecule has 0 aromatic heterocycles. The number of hydrogen-bond acceptors (Lipinski definition) is 4. The van der Waals surface area contributed by atoms with Crippen LogP contribution in [-0.2, 0) is 14.8 Å². The minimum Gasteiger partial charge on any atom is -0.381 e. The van der Waals surface area contributed by atoms with Crippen LogP contribution in [-0.4, -0.2) is 45.1 Å². The third-order valence-electron chi connectivity index (χ3n) is 3.72. The van der Waals surface area contributed by atoms with Gasteiger partial charge in [-0.3, -0.25) is 0 Å². The van der Waals surface area contributed by atoms with E-state index in [2.05, 4.69) is 15.9 Å². The fourth-order valence-corrected chi connectivity index (χ4v) is 5.21. The van der Waals surface area contributed by atoms with E-state index in [1.165, 1.54) is 10.4 Å². The van der Waals surface area contributed by atoms with E-state index in [1.54, 1.807) is 19.2 Å². The Morgan fingerprint density at radius 1 is 1.52 bits per heavy atom. The molecule has 21 heavy (non-hydrogen) atoms. The Labute approximate surface area is 138 Å². The summed E-state index contributed by atoms with van der Waals surface area (Å²) in [5.41, 5.74) is 5.75. The molecule has 2 unspecified atom stereocenters. The maximum atomic E-state index is 12.8. The maximum Gasteiger partial charge on any atom is 0.244 e. The summed E-state index contributed by atoms with van der Waals surface area (Å²) < 4.78 is 33.0. The molecular weight excluding hydrogens is 380 g/mol. The molecule has 5 nitrogen and oxygen atoms in total. The second-order valence-electron chi connectivity index (χ2n) is 4.94. The Morgan fingerprint density at radius 2 is 2.24 bits per heavy atom. The van der Waals surface area contributed by atoms with Crippen molar-refractivity contribution in [3.8, 4) is 0 Å². The van der Waals surface area contributed by atoms with Crippen LogP contribution >= 0.6 is 27.5 Å². The van der Waals surface area contributed by atoms with Gasteiger partial charge in [0.1, 0.15) is 4.90 Å². The normalized spacial score (nSPS) is 24.2. The van der Waals surface area contributed by atoms with Gasteiger partial charge in [-0.25, -0.2) is 8.42 Å². The summed E-state index contributed by atoms with van der Waals surface area (Å²) in [5.74, 6) is 0. The fraction of sp³-hybridized carbons (Fsp3) is 0.538. The van der Waals surface area contributed by atoms with E-state index >= 15 is 0 Å². The summed E-state index contributed by atoms with van der Waals surface area (Å²) in [6, 6.07) is 4.60. The summed E-state index contributed by atoms with van der Waals surface area (Å²) in [6.07, 6.45) is 1.29. The highest BCUT2D eigenvalue weighted by Crippen LogP contribution is 2.33. The Hall–Kier alpha value is -0.180. The van der Waals surface area contributed by atoms with Gasteiger partial charge in [-0.05, 0) is 40.9 Å². The first-order valence-electron chi connectivity index (χ1n) is 6.60. The molecule has 1 fully saturated rings. The quantitative estimate of drug-likeness (QED) is 0.845. The van der Waals surface area contributed by atoms with Crippen LogP contribution in [0.2, 0.25) is 5.02 Å². The summed E-state index contributed by atoms with van der Waals surface area (Å²) in [7, 11) is -2.04. The van der Waals surface area contributed by atoms with E-state index in [4.69, 9.17) is 22.1 Å². The largest absolute Gasteiger partial charge is 0.381 e. The second kappa shape index (κ2) is 6.93. The summed E-state index contributed by atoms with van der Waals surface area (Å²) in [4.78, 5) is 0.104. The number of hydrogen-bond donors (Lipinski definition) is 1. The lowest BCUT2D eigenvalue weighted by Crippen LogP contribution is -2.51. The zero-order chi connectivity index (χ0) is 15.6. The standard InChI is InChI=1S/C13H18BrClN2O3S/c1-20-10-5-6-17(9(7-10)8-16)21(18,19)12-4-2-3-11(14)13(12)15/h2-4,9-10H,5-8,16H2,1H3. The van der Waals surface area contributed by atoms with Crippen molar-refractivity contribution in [2.75, 3.05) is 20.2 Å². The molecule has 0 aliphatic carbocycles. The zero-order valence-corrected chi connectivity index (χ0v) is 14.8. The van der Waals surface area contributed by atoms with E-state index in [9.17, 15) is 8.42 Å². The molecular formula is C13H18BrClN2O3S. The number of ether oxygens (including phenoxy) is 1. The summed E-state index contributed by atoms with van der Waals surface area (Å²) >= 11 is 9.39. The van der Waals surface area contributed by atoms with Gasteiger partial charge >= 0.3 is 0 Å². The molecule has 0 saturated carbocycles. The number of halogens is 2. The molecule has 2 atom stereocenters. The van der Waals surface area contributed by atoms with Gasteiger partial charge in [0.2, 0.25) is 10.0 Å². The Bertz CT molecular complexity index is 611. The minimum absolute atomic E-state index is 0.0444. The Kier molecular flexibility index (Phi) is 5.67. The zero-order valence-electron chi connectivity index (χ0n) is 11.6. The van der Waals surface area contributed by atoms with E-state index in [0.29, 0.717) is 23.9 Å². The molecule has 2 rings (SSSR count). The maximum absolute atomic E-state index is 12.8. The lowest BCUT2D eigenvalue weighted by atomic mass is 10.0. The molecule has 2 N–H and O–H groups in total. The van der Waals surface area contributed by atoms with E-state index in [0.717, 1.165) is 0 Å². The second-order valence-corrected chi connectivity index (χ2v) is 8.03. The van der Waals surface area contributed by atoms with Crippen molar-refractivity contribution in [1.29, 1.82) is 0 Å². The van der Waals surface area contributed by atoms with Crippen LogP contribution in [0.15, 0.2) is 27.6 Å². The molecule has 1 aliphatic rings. The van der Waals surface area contributed by atoms with Crippen LogP contribution in [0.4, 0.5) is 0 Å². The SMILES string of the molecule is COC1CCN(S(=O)(=O)c2cccc(Br)c2Cl)C(CN)C1. The topological polar surface area (TPSA) is 72.6 Å². The van der Waals surface area contributed by atoms with E-state index in [-0.39, 0.29) is 28.6 Å². The lowest BCUT2D eigenvalue weighted by Gasteiger charge is -2.37. The van der Waals surface area contributed by atoms with Gasteiger partial charge in [0.05, 0.1) is 11.1 Å². The van der Waals surface area contributed by atoms with Gasteiger partial charge in [-0.2, -0.15) is 4.31 Å². The highest BCUT2D eigenvalue weighted by molar-refractivity contribution is 9.10. The van der Waals surface area contributed by atoms with Crippen molar-refractivity contribution in [3.63, 3.8) is 0 Å². The smallest absolute Gasteiger partial charge is 0.244 e. The molecule has 1 aromatic carbocycles. The molecule has 1 aliphatic heterocycles. The van der Waals surface area contributed by atoms with Crippen molar-refractivity contribution in [2.24, 2.45) is 5.73 Å². The minimum atomic E-state index is -3.67. The predicted molar refractivity (Wildman–Crippen MR) is 85.9 cm³/mol. The fourth-order valence-electron chi connectivity index (χ4n) is 2.55. The average molecular weight is 398 g/mol. The summed E-state index contributed by atoms with van der Waals surface area (Å²) in [5, 5.41) is 0.196. The van der Waals surface area contributed by atoms with Crippen LogP contribution in [0.1, 0.15) is 12.8 Å². The van der Waals surface area contributed by atoms with Gasteiger partial charge < -0.3 is 10.5 Å². The van der Waals surface area contributed by atoms with Gasteiger partial charge in [-0.15, -0.1) is 0 Å². The first kappa shape index (κ1) is 17.2. The molecule has 0 bridgehead atoms. The molecule has 0 amide bonds. The third kappa shape index (κ3) is 3.43. The number of piperidine rings is 1. The van der Waals surface area contributed by atoms with Crippen LogP contribution in [0, 0.1) is 0 Å². The van der Waals surface area contributed by atoms with Crippen molar-refractivity contribution in [3.05, 3.63) is 27.7 Å². The van der Waals surface area contributed by atoms with Crippen molar-refractivity contribution >= 4 is 37.6 Å². The van der Waals surface area contributed by atoms with E-state index < -0.39 is 10.0 Å². The molecule has 8 heteroatoms. The number of sulfonamides is 1. The Balaban J connectivity index is 2.37. The van der Waals surface area contributed by atoms with Gasteiger partial charge in [0, 0.05) is 30.7 Å².